The predicted molar refractivity (Wildman–Crippen MR) is 82.3 cm³/mol. The number of benzene rings is 1. The van der Waals surface area contributed by atoms with Crippen molar-refractivity contribution in [1.29, 1.82) is 0 Å². The van der Waals surface area contributed by atoms with Gasteiger partial charge in [0.15, 0.2) is 0 Å². The summed E-state index contributed by atoms with van der Waals surface area (Å²) in [4.78, 5) is 2.64. The Balaban J connectivity index is 1.97. The van der Waals surface area contributed by atoms with Crippen LogP contribution in [0.15, 0.2) is 30.3 Å². The van der Waals surface area contributed by atoms with Gasteiger partial charge < -0.3 is 10.2 Å². The molecule has 0 radical (unpaired) electrons. The average molecular weight is 260 g/mol. The van der Waals surface area contributed by atoms with Gasteiger partial charge in [0.1, 0.15) is 0 Å². The van der Waals surface area contributed by atoms with Gasteiger partial charge in [-0.3, -0.25) is 0 Å². The van der Waals surface area contributed by atoms with Crippen LogP contribution in [-0.2, 0) is 0 Å². The minimum absolute atomic E-state index is 0.450. The Hall–Kier alpha value is -0.860. The van der Waals surface area contributed by atoms with Crippen LogP contribution >= 0.6 is 0 Å². The van der Waals surface area contributed by atoms with Gasteiger partial charge in [0, 0.05) is 19.1 Å². The van der Waals surface area contributed by atoms with Crippen LogP contribution in [0.2, 0.25) is 0 Å². The molecule has 0 saturated carbocycles. The summed E-state index contributed by atoms with van der Waals surface area (Å²) in [6.07, 6.45) is 4.00. The van der Waals surface area contributed by atoms with Crippen molar-refractivity contribution in [1.82, 2.24) is 10.2 Å². The van der Waals surface area contributed by atoms with Crippen LogP contribution in [0, 0.1) is 5.41 Å². The lowest BCUT2D eigenvalue weighted by Gasteiger charge is -2.28. The summed E-state index contributed by atoms with van der Waals surface area (Å²) in [5.41, 5.74) is 1.98. The molecule has 1 aromatic carbocycles. The van der Waals surface area contributed by atoms with Crippen molar-refractivity contribution in [3.8, 4) is 0 Å². The maximum Gasteiger partial charge on any atom is 0.0446 e. The van der Waals surface area contributed by atoms with Crippen molar-refractivity contribution in [3.63, 3.8) is 0 Å². The zero-order valence-electron chi connectivity index (χ0n) is 12.7. The van der Waals surface area contributed by atoms with E-state index in [9.17, 15) is 0 Å². The Morgan fingerprint density at radius 3 is 2.42 bits per heavy atom. The third-order valence-corrected chi connectivity index (χ3v) is 5.01. The molecule has 1 aromatic rings. The molecule has 1 saturated heterocycles. The molecule has 1 aliphatic rings. The smallest absolute Gasteiger partial charge is 0.0446 e. The molecule has 1 atom stereocenters. The van der Waals surface area contributed by atoms with E-state index in [1.165, 1.54) is 37.9 Å². The van der Waals surface area contributed by atoms with Crippen LogP contribution in [0.5, 0.6) is 0 Å². The highest BCUT2D eigenvalue weighted by Gasteiger charge is 2.35. The Morgan fingerprint density at radius 2 is 1.89 bits per heavy atom. The lowest BCUT2D eigenvalue weighted by atomic mass is 9.82. The van der Waals surface area contributed by atoms with E-state index in [2.05, 4.69) is 61.4 Å². The molecule has 2 heteroatoms. The standard InChI is InChI=1S/C17H28N2/c1-4-17(5-2)11-12-19(14-17)13-16(18-3)15-9-7-6-8-10-15/h6-10,16,18H,4-5,11-14H2,1-3H3. The quantitative estimate of drug-likeness (QED) is 0.842. The molecule has 19 heavy (non-hydrogen) atoms. The average Bonchev–Trinajstić information content (AvgIpc) is 2.90. The molecule has 0 spiro atoms. The summed E-state index contributed by atoms with van der Waals surface area (Å²) in [6.45, 7) is 8.35. The fourth-order valence-electron chi connectivity index (χ4n) is 3.32. The Morgan fingerprint density at radius 1 is 1.21 bits per heavy atom. The van der Waals surface area contributed by atoms with Gasteiger partial charge in [-0.05, 0) is 43.8 Å². The van der Waals surface area contributed by atoms with E-state index in [4.69, 9.17) is 0 Å². The number of nitrogens with zero attached hydrogens (tertiary/aromatic N) is 1. The first-order valence-electron chi connectivity index (χ1n) is 7.67. The predicted octanol–water partition coefficient (Wildman–Crippen LogP) is 3.46. The second-order valence-corrected chi connectivity index (χ2v) is 5.94. The topological polar surface area (TPSA) is 15.3 Å². The summed E-state index contributed by atoms with van der Waals surface area (Å²) >= 11 is 0. The molecule has 1 fully saturated rings. The number of hydrogen-bond acceptors (Lipinski definition) is 2. The van der Waals surface area contributed by atoms with Gasteiger partial charge >= 0.3 is 0 Å². The molecular weight excluding hydrogens is 232 g/mol. The number of likely N-dealkylation sites (N-methyl/N-ethyl adjacent to an activating group) is 1. The SMILES string of the molecule is CCC1(CC)CCN(CC(NC)c2ccccc2)C1. The van der Waals surface area contributed by atoms with Crippen molar-refractivity contribution in [2.24, 2.45) is 5.41 Å². The summed E-state index contributed by atoms with van der Waals surface area (Å²) in [7, 11) is 2.07. The molecule has 1 unspecified atom stereocenters. The Labute approximate surface area is 118 Å². The fraction of sp³-hybridized carbons (Fsp3) is 0.647. The molecule has 0 bridgehead atoms. The molecule has 0 amide bonds. The minimum atomic E-state index is 0.450. The highest BCUT2D eigenvalue weighted by molar-refractivity contribution is 5.19. The number of nitrogens with one attached hydrogen (secondary N) is 1. The van der Waals surface area contributed by atoms with Crippen LogP contribution < -0.4 is 5.32 Å². The number of hydrogen-bond donors (Lipinski definition) is 1. The molecule has 106 valence electrons. The van der Waals surface area contributed by atoms with E-state index in [1.54, 1.807) is 0 Å². The van der Waals surface area contributed by atoms with E-state index in [-0.39, 0.29) is 0 Å². The van der Waals surface area contributed by atoms with E-state index in [0.29, 0.717) is 11.5 Å². The Bertz CT molecular complexity index is 370. The third kappa shape index (κ3) is 3.37. The van der Waals surface area contributed by atoms with E-state index >= 15 is 0 Å². The lowest BCUT2D eigenvalue weighted by Crippen LogP contribution is -2.34. The van der Waals surface area contributed by atoms with Gasteiger partial charge in [0.2, 0.25) is 0 Å². The van der Waals surface area contributed by atoms with Crippen LogP contribution in [-0.4, -0.2) is 31.6 Å². The van der Waals surface area contributed by atoms with Gasteiger partial charge in [-0.2, -0.15) is 0 Å². The number of rotatable bonds is 6. The summed E-state index contributed by atoms with van der Waals surface area (Å²) in [6, 6.07) is 11.3. The molecule has 0 aromatic heterocycles. The van der Waals surface area contributed by atoms with Crippen molar-refractivity contribution in [2.75, 3.05) is 26.7 Å². The van der Waals surface area contributed by atoms with E-state index in [1.807, 2.05) is 0 Å². The highest BCUT2D eigenvalue weighted by atomic mass is 15.2. The van der Waals surface area contributed by atoms with Crippen LogP contribution in [0.1, 0.15) is 44.7 Å². The molecule has 1 aliphatic heterocycles. The third-order valence-electron chi connectivity index (χ3n) is 5.01. The van der Waals surface area contributed by atoms with Crippen LogP contribution in [0.4, 0.5) is 0 Å². The highest BCUT2D eigenvalue weighted by Crippen LogP contribution is 2.37. The van der Waals surface area contributed by atoms with Crippen LogP contribution in [0.3, 0.4) is 0 Å². The zero-order chi connectivity index (χ0) is 13.7. The molecule has 2 nitrogen and oxygen atoms in total. The zero-order valence-corrected chi connectivity index (χ0v) is 12.7. The normalized spacial score (nSPS) is 20.6. The first kappa shape index (κ1) is 14.5. The van der Waals surface area contributed by atoms with Crippen molar-refractivity contribution >= 4 is 0 Å². The molecule has 2 rings (SSSR count). The van der Waals surface area contributed by atoms with Gasteiger partial charge in [0.05, 0.1) is 0 Å². The maximum atomic E-state index is 3.47. The van der Waals surface area contributed by atoms with Crippen molar-refractivity contribution in [3.05, 3.63) is 35.9 Å². The van der Waals surface area contributed by atoms with Crippen molar-refractivity contribution < 1.29 is 0 Å². The van der Waals surface area contributed by atoms with Gasteiger partial charge in [-0.25, -0.2) is 0 Å². The first-order chi connectivity index (χ1) is 9.23. The lowest BCUT2D eigenvalue weighted by molar-refractivity contribution is 0.227. The second-order valence-electron chi connectivity index (χ2n) is 5.94. The largest absolute Gasteiger partial charge is 0.312 e. The molecular formula is C17H28N2. The molecule has 1 heterocycles. The van der Waals surface area contributed by atoms with Gasteiger partial charge in [-0.1, -0.05) is 44.2 Å². The maximum absolute atomic E-state index is 3.47. The van der Waals surface area contributed by atoms with E-state index < -0.39 is 0 Å². The summed E-state index contributed by atoms with van der Waals surface area (Å²) in [5, 5.41) is 3.47. The number of likely N-dealkylation sites (tertiary alicyclic amines) is 1. The minimum Gasteiger partial charge on any atom is -0.312 e. The second kappa shape index (κ2) is 6.53. The van der Waals surface area contributed by atoms with Crippen LogP contribution in [0.25, 0.3) is 0 Å². The van der Waals surface area contributed by atoms with Crippen molar-refractivity contribution in [2.45, 2.75) is 39.2 Å². The van der Waals surface area contributed by atoms with E-state index in [0.717, 1.165) is 6.54 Å². The first-order valence-corrected chi connectivity index (χ1v) is 7.67. The molecule has 0 aliphatic carbocycles. The summed E-state index contributed by atoms with van der Waals surface area (Å²) < 4.78 is 0. The monoisotopic (exact) mass is 260 g/mol. The summed E-state index contributed by atoms with van der Waals surface area (Å²) in [5.74, 6) is 0. The molecule has 1 N–H and O–H groups in total. The fourth-order valence-corrected chi connectivity index (χ4v) is 3.32. The Kier molecular flexibility index (Phi) is 5.00. The van der Waals surface area contributed by atoms with Gasteiger partial charge in [0.25, 0.3) is 0 Å². The van der Waals surface area contributed by atoms with Gasteiger partial charge in [-0.15, -0.1) is 0 Å².